The third-order valence-electron chi connectivity index (χ3n) is 9.13. The van der Waals surface area contributed by atoms with Crippen LogP contribution in [-0.4, -0.2) is 85.6 Å². The summed E-state index contributed by atoms with van der Waals surface area (Å²) < 4.78 is 16.9. The molecule has 3 aliphatic rings. The van der Waals surface area contributed by atoms with Crippen LogP contribution in [0.1, 0.15) is 22.3 Å². The lowest BCUT2D eigenvalue weighted by Crippen LogP contribution is -2.74. The first-order chi connectivity index (χ1) is 20.8. The van der Waals surface area contributed by atoms with E-state index < -0.39 is 93.1 Å². The molecule has 2 saturated carbocycles. The molecule has 2 aromatic carbocycles. The third kappa shape index (κ3) is 4.08. The number of fused-ring (bicyclic) bond motifs is 4. The summed E-state index contributed by atoms with van der Waals surface area (Å²) in [5.74, 6) is -14.4. The summed E-state index contributed by atoms with van der Waals surface area (Å²) in [6, 6.07) is 6.73. The number of benzene rings is 2. The van der Waals surface area contributed by atoms with Crippen LogP contribution in [0.3, 0.4) is 0 Å². The van der Waals surface area contributed by atoms with E-state index >= 15 is 4.39 Å². The zero-order chi connectivity index (χ0) is 31.8. The number of aliphatic hydroxyl groups is 1. The van der Waals surface area contributed by atoms with Gasteiger partial charge in [-0.1, -0.05) is 18.2 Å². The van der Waals surface area contributed by atoms with Gasteiger partial charge in [-0.15, -0.1) is 0 Å². The molecule has 5 N–H and O–H groups in total. The van der Waals surface area contributed by atoms with E-state index in [9.17, 15) is 39.0 Å². The van der Waals surface area contributed by atoms with Crippen LogP contribution in [0, 0.1) is 29.5 Å². The average molecular weight is 606 g/mol. The zero-order valence-electron chi connectivity index (χ0n) is 23.6. The average Bonchev–Trinajstić information content (AvgIpc) is 3.35. The highest BCUT2D eigenvalue weighted by Gasteiger charge is 2.69. The Labute approximate surface area is 248 Å². The van der Waals surface area contributed by atoms with Crippen molar-refractivity contribution in [1.82, 2.24) is 14.7 Å². The van der Waals surface area contributed by atoms with E-state index in [0.29, 0.717) is 5.52 Å². The Morgan fingerprint density at radius 2 is 1.89 bits per heavy atom. The van der Waals surface area contributed by atoms with E-state index in [1.54, 1.807) is 30.5 Å². The molecule has 3 aromatic rings. The molecule has 2 amide bonds. The van der Waals surface area contributed by atoms with Gasteiger partial charge in [0.2, 0.25) is 11.8 Å². The molecule has 2 unspecified atom stereocenters. The van der Waals surface area contributed by atoms with Crippen LogP contribution >= 0.6 is 0 Å². The molecule has 1 heterocycles. The van der Waals surface area contributed by atoms with Gasteiger partial charge < -0.3 is 21.3 Å². The van der Waals surface area contributed by atoms with E-state index in [-0.39, 0.29) is 24.9 Å². The van der Waals surface area contributed by atoms with Gasteiger partial charge in [0, 0.05) is 22.9 Å². The van der Waals surface area contributed by atoms with E-state index in [1.165, 1.54) is 23.7 Å². The molecule has 13 nitrogen and oxygen atoms in total. The fourth-order valence-corrected chi connectivity index (χ4v) is 7.20. The molecule has 6 atom stereocenters. The lowest BCUT2D eigenvalue weighted by Gasteiger charge is -2.52. The highest BCUT2D eigenvalue weighted by Crippen LogP contribution is 2.51. The number of aromatic hydroxyl groups is 1. The van der Waals surface area contributed by atoms with Gasteiger partial charge in [0.1, 0.15) is 18.1 Å². The molecule has 0 spiro atoms. The number of nitrogens with one attached hydrogen (secondary N) is 1. The number of para-hydroxylation sites is 1. The number of primary amides is 1. The van der Waals surface area contributed by atoms with Crippen LogP contribution in [0.25, 0.3) is 10.9 Å². The first-order valence-electron chi connectivity index (χ1n) is 13.9. The van der Waals surface area contributed by atoms with E-state index in [0.717, 1.165) is 11.5 Å². The Balaban J connectivity index is 1.35. The summed E-state index contributed by atoms with van der Waals surface area (Å²) >= 11 is 0. The van der Waals surface area contributed by atoms with Crippen molar-refractivity contribution in [2.24, 2.45) is 29.4 Å². The first-order valence-corrected chi connectivity index (χ1v) is 13.9. The SMILES string of the molecule is CN(C)[C@@H]1C(=O)C(C(N)=O)C(=O)[C@@]2(O)C(=O)C3C(=O)c4c(O)c(NC(=O)Cn5ncc6ccccc65)cc(F)c4C[C@H]3C[C@@H]12. The monoisotopic (exact) mass is 605 g/mol. The fourth-order valence-electron chi connectivity index (χ4n) is 7.20. The number of carbonyl (C=O) groups excluding carboxylic acids is 6. The van der Waals surface area contributed by atoms with Gasteiger partial charge in [-0.3, -0.25) is 38.3 Å². The minimum Gasteiger partial charge on any atom is -0.505 e. The van der Waals surface area contributed by atoms with Gasteiger partial charge in [0.25, 0.3) is 0 Å². The topological polar surface area (TPSA) is 202 Å². The van der Waals surface area contributed by atoms with Crippen LogP contribution in [-0.2, 0) is 36.9 Å². The van der Waals surface area contributed by atoms with Crippen molar-refractivity contribution in [2.45, 2.75) is 31.0 Å². The summed E-state index contributed by atoms with van der Waals surface area (Å²) in [6.45, 7) is -0.299. The lowest BCUT2D eigenvalue weighted by atomic mass is 9.52. The second-order valence-electron chi connectivity index (χ2n) is 11.8. The van der Waals surface area contributed by atoms with Gasteiger partial charge >= 0.3 is 0 Å². The molecule has 0 bridgehead atoms. The smallest absolute Gasteiger partial charge is 0.246 e. The second-order valence-corrected chi connectivity index (χ2v) is 11.8. The molecule has 3 aliphatic carbocycles. The largest absolute Gasteiger partial charge is 0.505 e. The summed E-state index contributed by atoms with van der Waals surface area (Å²) in [6.07, 6.45) is 1.12. The maximum atomic E-state index is 15.5. The second kappa shape index (κ2) is 10.1. The Bertz CT molecular complexity index is 1820. The molecule has 14 heteroatoms. The van der Waals surface area contributed by atoms with Crippen LogP contribution in [0.15, 0.2) is 36.5 Å². The number of aromatic nitrogens is 2. The molecule has 0 saturated heterocycles. The molecular weight excluding hydrogens is 577 g/mol. The number of nitrogens with zero attached hydrogens (tertiary/aromatic N) is 3. The minimum absolute atomic E-state index is 0.201. The predicted molar refractivity (Wildman–Crippen MR) is 150 cm³/mol. The molecule has 2 fully saturated rings. The van der Waals surface area contributed by atoms with Crippen LogP contribution < -0.4 is 11.1 Å². The number of phenolic OH excluding ortho intramolecular Hbond substituents is 1. The van der Waals surface area contributed by atoms with Gasteiger partial charge in [-0.25, -0.2) is 4.39 Å². The summed E-state index contributed by atoms with van der Waals surface area (Å²) in [5.41, 5.74) is 1.90. The highest BCUT2D eigenvalue weighted by molar-refractivity contribution is 6.32. The number of anilines is 1. The van der Waals surface area contributed by atoms with Gasteiger partial charge in [-0.05, 0) is 38.9 Å². The van der Waals surface area contributed by atoms with Crippen molar-refractivity contribution in [2.75, 3.05) is 19.4 Å². The number of likely N-dealkylation sites (N-methyl/N-ethyl adjacent to an activating group) is 1. The fraction of sp³-hybridized carbons (Fsp3) is 0.367. The number of ketones is 4. The number of amides is 2. The van der Waals surface area contributed by atoms with Crippen molar-refractivity contribution >= 4 is 51.5 Å². The third-order valence-corrected chi connectivity index (χ3v) is 9.13. The van der Waals surface area contributed by atoms with E-state index in [2.05, 4.69) is 10.4 Å². The Hall–Kier alpha value is -4.82. The van der Waals surface area contributed by atoms with Crippen molar-refractivity contribution in [3.63, 3.8) is 0 Å². The Morgan fingerprint density at radius 1 is 1.18 bits per heavy atom. The summed E-state index contributed by atoms with van der Waals surface area (Å²) in [7, 11) is 2.94. The van der Waals surface area contributed by atoms with Crippen LogP contribution in [0.5, 0.6) is 5.75 Å². The maximum absolute atomic E-state index is 15.5. The number of hydrogen-bond acceptors (Lipinski definition) is 10. The van der Waals surface area contributed by atoms with Crippen molar-refractivity contribution in [3.05, 3.63) is 53.5 Å². The number of halogens is 1. The van der Waals surface area contributed by atoms with E-state index in [1.807, 2.05) is 0 Å². The number of rotatable bonds is 5. The van der Waals surface area contributed by atoms with Crippen molar-refractivity contribution < 1.29 is 43.4 Å². The van der Waals surface area contributed by atoms with Crippen LogP contribution in [0.2, 0.25) is 0 Å². The molecule has 1 aromatic heterocycles. The lowest BCUT2D eigenvalue weighted by molar-refractivity contribution is -0.181. The molecule has 6 rings (SSSR count). The van der Waals surface area contributed by atoms with Crippen molar-refractivity contribution in [3.8, 4) is 5.75 Å². The Morgan fingerprint density at radius 3 is 2.57 bits per heavy atom. The van der Waals surface area contributed by atoms with Gasteiger partial charge in [0.15, 0.2) is 34.7 Å². The van der Waals surface area contributed by atoms with Crippen LogP contribution in [0.4, 0.5) is 10.1 Å². The number of carbonyl (C=O) groups is 6. The number of hydrogen-bond donors (Lipinski definition) is 4. The molecule has 0 aliphatic heterocycles. The normalized spacial score (nSPS) is 28.1. The molecule has 0 radical (unpaired) electrons. The molecule has 44 heavy (non-hydrogen) atoms. The minimum atomic E-state index is -2.90. The predicted octanol–water partition coefficient (Wildman–Crippen LogP) is -0.00550. The van der Waals surface area contributed by atoms with Gasteiger partial charge in [-0.2, -0.15) is 5.10 Å². The highest BCUT2D eigenvalue weighted by atomic mass is 19.1. The zero-order valence-corrected chi connectivity index (χ0v) is 23.6. The number of nitrogens with two attached hydrogens (primary N) is 1. The van der Waals surface area contributed by atoms with Crippen molar-refractivity contribution in [1.29, 1.82) is 0 Å². The molecule has 228 valence electrons. The number of phenols is 1. The van der Waals surface area contributed by atoms with Gasteiger partial charge in [0.05, 0.1) is 34.9 Å². The standard InChI is InChI=1S/C30H28FN5O8/c1-35(2)23-15-8-13-7-14-16(31)9-17(34-19(37)11-36-18-6-4-3-5-12(18)10-33-36)24(38)21(14)25(39)20(13)27(41)30(15,44)28(42)22(26(23)40)29(32)43/h3-6,9-10,13,15,20,22-23,38,44H,7-8,11H2,1-2H3,(H2,32,43)(H,34,37)/t13-,15-,20?,22?,23-,30-/m0/s1. The quantitative estimate of drug-likeness (QED) is 0.226. The first kappa shape index (κ1) is 29.3. The maximum Gasteiger partial charge on any atom is 0.246 e. The number of Topliss-reactive ketones (excluding diaryl/α,β-unsaturated/α-hetero) is 4. The summed E-state index contributed by atoms with van der Waals surface area (Å²) in [5, 5.41) is 30.1. The van der Waals surface area contributed by atoms with E-state index in [4.69, 9.17) is 5.73 Å². The molecular formula is C30H28FN5O8. The summed E-state index contributed by atoms with van der Waals surface area (Å²) in [4.78, 5) is 80.6. The Kier molecular flexibility index (Phi) is 6.74.